The highest BCUT2D eigenvalue weighted by molar-refractivity contribution is 9.10. The normalized spacial score (nSPS) is 12.5. The van der Waals surface area contributed by atoms with Crippen molar-refractivity contribution < 1.29 is 5.11 Å². The van der Waals surface area contributed by atoms with E-state index in [1.807, 2.05) is 25.1 Å². The van der Waals surface area contributed by atoms with Crippen LogP contribution in [-0.2, 0) is 0 Å². The van der Waals surface area contributed by atoms with Crippen molar-refractivity contribution in [3.8, 4) is 0 Å². The smallest absolute Gasteiger partial charge is 0.0709 e. The van der Waals surface area contributed by atoms with Crippen molar-refractivity contribution in [2.75, 3.05) is 17.6 Å². The third-order valence-electron chi connectivity index (χ3n) is 2.05. The number of aliphatic hydroxyl groups excluding tert-OH is 1. The molecule has 4 heteroatoms. The standard InChI is InChI=1S/C10H15BrN2O/c1-2-7(14)6-13-9-5-3-4-8(11)10(9)12/h3-5,7,13-14H,2,6,12H2,1H3. The Bertz CT molecular complexity index is 304. The van der Waals surface area contributed by atoms with Gasteiger partial charge in [-0.25, -0.2) is 0 Å². The molecule has 0 amide bonds. The van der Waals surface area contributed by atoms with Gasteiger partial charge in [-0.15, -0.1) is 0 Å². The molecule has 0 aromatic heterocycles. The van der Waals surface area contributed by atoms with E-state index < -0.39 is 0 Å². The minimum atomic E-state index is -0.326. The predicted octanol–water partition coefficient (Wildman–Crippen LogP) is 2.21. The first-order chi connectivity index (χ1) is 6.65. The SMILES string of the molecule is CCC(O)CNc1cccc(Br)c1N. The van der Waals surface area contributed by atoms with Gasteiger partial charge >= 0.3 is 0 Å². The van der Waals surface area contributed by atoms with Crippen LogP contribution in [-0.4, -0.2) is 17.8 Å². The fourth-order valence-electron chi connectivity index (χ4n) is 1.06. The van der Waals surface area contributed by atoms with E-state index in [9.17, 15) is 5.11 Å². The van der Waals surface area contributed by atoms with Crippen LogP contribution in [0.25, 0.3) is 0 Å². The molecule has 1 unspecified atom stereocenters. The van der Waals surface area contributed by atoms with Crippen molar-refractivity contribution in [1.29, 1.82) is 0 Å². The zero-order valence-electron chi connectivity index (χ0n) is 8.13. The van der Waals surface area contributed by atoms with Gasteiger partial charge in [0.1, 0.15) is 0 Å². The van der Waals surface area contributed by atoms with Crippen molar-refractivity contribution in [1.82, 2.24) is 0 Å². The van der Waals surface area contributed by atoms with Crippen molar-refractivity contribution in [2.24, 2.45) is 0 Å². The van der Waals surface area contributed by atoms with Crippen LogP contribution < -0.4 is 11.1 Å². The first-order valence-electron chi connectivity index (χ1n) is 4.61. The number of nitrogen functional groups attached to an aromatic ring is 1. The Morgan fingerprint density at radius 2 is 2.29 bits per heavy atom. The topological polar surface area (TPSA) is 58.3 Å². The average Bonchev–Trinajstić information content (AvgIpc) is 2.20. The molecule has 78 valence electrons. The molecule has 1 atom stereocenters. The molecule has 0 aliphatic rings. The van der Waals surface area contributed by atoms with E-state index >= 15 is 0 Å². The van der Waals surface area contributed by atoms with E-state index in [1.165, 1.54) is 0 Å². The minimum Gasteiger partial charge on any atom is -0.396 e. The lowest BCUT2D eigenvalue weighted by Crippen LogP contribution is -2.18. The second-order valence-corrected chi connectivity index (χ2v) is 4.00. The van der Waals surface area contributed by atoms with Gasteiger partial charge in [0, 0.05) is 11.0 Å². The van der Waals surface area contributed by atoms with Gasteiger partial charge in [-0.3, -0.25) is 0 Å². The van der Waals surface area contributed by atoms with Gasteiger partial charge in [0.2, 0.25) is 0 Å². The summed E-state index contributed by atoms with van der Waals surface area (Å²) in [4.78, 5) is 0. The molecule has 0 bridgehead atoms. The fourth-order valence-corrected chi connectivity index (χ4v) is 1.43. The summed E-state index contributed by atoms with van der Waals surface area (Å²) in [6.45, 7) is 2.47. The number of hydrogen-bond donors (Lipinski definition) is 3. The molecule has 4 N–H and O–H groups in total. The van der Waals surface area contributed by atoms with Crippen LogP contribution in [0.4, 0.5) is 11.4 Å². The van der Waals surface area contributed by atoms with E-state index in [0.29, 0.717) is 12.2 Å². The van der Waals surface area contributed by atoms with Crippen molar-refractivity contribution in [3.05, 3.63) is 22.7 Å². The van der Waals surface area contributed by atoms with Gasteiger partial charge in [0.05, 0.1) is 17.5 Å². The summed E-state index contributed by atoms with van der Waals surface area (Å²) in [5, 5.41) is 12.5. The maximum absolute atomic E-state index is 9.36. The van der Waals surface area contributed by atoms with Crippen molar-refractivity contribution in [2.45, 2.75) is 19.4 Å². The van der Waals surface area contributed by atoms with E-state index in [2.05, 4.69) is 21.2 Å². The van der Waals surface area contributed by atoms with E-state index in [1.54, 1.807) is 0 Å². The highest BCUT2D eigenvalue weighted by Crippen LogP contribution is 2.26. The summed E-state index contributed by atoms with van der Waals surface area (Å²) < 4.78 is 0.869. The molecule has 0 saturated carbocycles. The Kier molecular flexibility index (Phi) is 4.22. The molecule has 0 spiro atoms. The highest BCUT2D eigenvalue weighted by Gasteiger charge is 2.04. The van der Waals surface area contributed by atoms with Crippen LogP contribution in [0.2, 0.25) is 0 Å². The van der Waals surface area contributed by atoms with Gasteiger partial charge in [-0.05, 0) is 34.5 Å². The van der Waals surface area contributed by atoms with Crippen LogP contribution in [0.5, 0.6) is 0 Å². The first kappa shape index (κ1) is 11.3. The summed E-state index contributed by atoms with van der Waals surface area (Å²) >= 11 is 3.34. The average molecular weight is 259 g/mol. The number of nitrogens with one attached hydrogen (secondary N) is 1. The monoisotopic (exact) mass is 258 g/mol. The number of halogens is 1. The molecule has 0 radical (unpaired) electrons. The highest BCUT2D eigenvalue weighted by atomic mass is 79.9. The second kappa shape index (κ2) is 5.22. The molecule has 0 saturated heterocycles. The maximum atomic E-state index is 9.36. The summed E-state index contributed by atoms with van der Waals surface area (Å²) in [6, 6.07) is 5.68. The molecule has 0 heterocycles. The molecule has 3 nitrogen and oxygen atoms in total. The Labute approximate surface area is 92.4 Å². The van der Waals surface area contributed by atoms with Crippen LogP contribution >= 0.6 is 15.9 Å². The van der Waals surface area contributed by atoms with Crippen LogP contribution in [0, 0.1) is 0 Å². The zero-order valence-corrected chi connectivity index (χ0v) is 9.71. The Morgan fingerprint density at radius 1 is 1.57 bits per heavy atom. The largest absolute Gasteiger partial charge is 0.396 e. The molecule has 1 aromatic carbocycles. The molecular weight excluding hydrogens is 244 g/mol. The molecule has 1 aromatic rings. The number of anilines is 2. The van der Waals surface area contributed by atoms with Crippen molar-refractivity contribution >= 4 is 27.3 Å². The lowest BCUT2D eigenvalue weighted by Gasteiger charge is -2.13. The Balaban J connectivity index is 2.63. The Morgan fingerprint density at radius 3 is 2.93 bits per heavy atom. The second-order valence-electron chi connectivity index (χ2n) is 3.14. The van der Waals surface area contributed by atoms with E-state index in [-0.39, 0.29) is 6.10 Å². The summed E-state index contributed by atoms with van der Waals surface area (Å²) in [5.74, 6) is 0. The third-order valence-corrected chi connectivity index (χ3v) is 2.74. The van der Waals surface area contributed by atoms with Gasteiger partial charge in [-0.1, -0.05) is 13.0 Å². The van der Waals surface area contributed by atoms with Crippen LogP contribution in [0.1, 0.15) is 13.3 Å². The third kappa shape index (κ3) is 2.89. The van der Waals surface area contributed by atoms with Gasteiger partial charge in [0.25, 0.3) is 0 Å². The van der Waals surface area contributed by atoms with E-state index in [0.717, 1.165) is 16.6 Å². The number of hydrogen-bond acceptors (Lipinski definition) is 3. The zero-order chi connectivity index (χ0) is 10.6. The molecule has 0 fully saturated rings. The molecule has 1 rings (SSSR count). The lowest BCUT2D eigenvalue weighted by atomic mass is 10.2. The van der Waals surface area contributed by atoms with Crippen LogP contribution in [0.3, 0.4) is 0 Å². The number of para-hydroxylation sites is 1. The molecule has 14 heavy (non-hydrogen) atoms. The Hall–Kier alpha value is -0.740. The van der Waals surface area contributed by atoms with Gasteiger partial charge in [-0.2, -0.15) is 0 Å². The number of nitrogens with two attached hydrogens (primary N) is 1. The minimum absolute atomic E-state index is 0.326. The van der Waals surface area contributed by atoms with E-state index in [4.69, 9.17) is 5.73 Å². The molecular formula is C10H15BrN2O. The number of rotatable bonds is 4. The summed E-state index contributed by atoms with van der Waals surface area (Å²) in [6.07, 6.45) is 0.411. The molecule has 0 aliphatic heterocycles. The fraction of sp³-hybridized carbons (Fsp3) is 0.400. The van der Waals surface area contributed by atoms with Gasteiger partial charge < -0.3 is 16.2 Å². The quantitative estimate of drug-likeness (QED) is 0.726. The predicted molar refractivity (Wildman–Crippen MR) is 63.3 cm³/mol. The van der Waals surface area contributed by atoms with Crippen LogP contribution in [0.15, 0.2) is 22.7 Å². The van der Waals surface area contributed by atoms with Gasteiger partial charge in [0.15, 0.2) is 0 Å². The number of benzene rings is 1. The summed E-state index contributed by atoms with van der Waals surface area (Å²) in [5.41, 5.74) is 7.35. The lowest BCUT2D eigenvalue weighted by molar-refractivity contribution is 0.183. The number of aliphatic hydroxyl groups is 1. The summed E-state index contributed by atoms with van der Waals surface area (Å²) in [7, 11) is 0. The maximum Gasteiger partial charge on any atom is 0.0709 e. The first-order valence-corrected chi connectivity index (χ1v) is 5.40. The van der Waals surface area contributed by atoms with Crippen molar-refractivity contribution in [3.63, 3.8) is 0 Å². The molecule has 0 aliphatic carbocycles.